The highest BCUT2D eigenvalue weighted by Crippen LogP contribution is 2.36. The van der Waals surface area contributed by atoms with Crippen molar-refractivity contribution in [3.63, 3.8) is 0 Å². The largest absolute Gasteiger partial charge is 0.508 e. The Kier molecular flexibility index (Phi) is 6.92. The van der Waals surface area contributed by atoms with E-state index in [0.717, 1.165) is 44.7 Å². The number of hydrogen-bond acceptors (Lipinski definition) is 7. The number of methoxy groups -OCH3 is 1. The lowest BCUT2D eigenvalue weighted by molar-refractivity contribution is 0.0357. The molecule has 0 radical (unpaired) electrons. The molecule has 1 aromatic heterocycles. The highest BCUT2D eigenvalue weighted by atomic mass is 19.1. The van der Waals surface area contributed by atoms with E-state index >= 15 is 0 Å². The first kappa shape index (κ1) is 22.1. The topological polar surface area (TPSA) is 76.1 Å². The molecule has 170 valence electrons. The Bertz CT molecular complexity index is 1090. The minimum absolute atomic E-state index is 0.0256. The number of anilines is 2. The minimum Gasteiger partial charge on any atom is -0.508 e. The number of aromatic hydroxyl groups is 1. The number of hydrogen-bond donors (Lipinski definition) is 2. The van der Waals surface area contributed by atoms with Crippen LogP contribution in [0.1, 0.15) is 12.0 Å². The first-order valence-corrected chi connectivity index (χ1v) is 10.7. The molecule has 0 spiro atoms. The van der Waals surface area contributed by atoms with Crippen LogP contribution >= 0.6 is 0 Å². The van der Waals surface area contributed by atoms with Crippen molar-refractivity contribution in [3.8, 4) is 17.2 Å². The van der Waals surface area contributed by atoms with Gasteiger partial charge in [0.1, 0.15) is 11.6 Å². The van der Waals surface area contributed by atoms with Crippen LogP contribution in [0.2, 0.25) is 0 Å². The predicted molar refractivity (Wildman–Crippen MR) is 122 cm³/mol. The van der Waals surface area contributed by atoms with Crippen LogP contribution in [0.4, 0.5) is 15.8 Å². The zero-order valence-electron chi connectivity index (χ0n) is 18.4. The molecule has 4 rings (SSSR count). The molecule has 7 nitrogen and oxygen atoms in total. The molecule has 1 saturated heterocycles. The van der Waals surface area contributed by atoms with E-state index < -0.39 is 5.82 Å². The van der Waals surface area contributed by atoms with Gasteiger partial charge < -0.3 is 24.6 Å². The molecule has 1 aliphatic rings. The number of ether oxygens (including phenoxy) is 3. The molecule has 0 atom stereocenters. The summed E-state index contributed by atoms with van der Waals surface area (Å²) < 4.78 is 31.3. The third kappa shape index (κ3) is 5.03. The van der Waals surface area contributed by atoms with Crippen molar-refractivity contribution < 1.29 is 23.7 Å². The van der Waals surface area contributed by atoms with Crippen molar-refractivity contribution in [1.29, 1.82) is 0 Å². The second-order valence-corrected chi connectivity index (χ2v) is 7.78. The number of pyridine rings is 1. The van der Waals surface area contributed by atoms with Crippen LogP contribution in [0.15, 0.2) is 36.5 Å². The molecule has 3 aromatic rings. The van der Waals surface area contributed by atoms with Gasteiger partial charge in [0.25, 0.3) is 0 Å². The molecule has 0 saturated carbocycles. The molecule has 0 aliphatic carbocycles. The smallest absolute Gasteiger partial charge is 0.163 e. The number of phenols is 1. The van der Waals surface area contributed by atoms with Crippen molar-refractivity contribution in [1.82, 2.24) is 9.88 Å². The SMILES string of the molecule is COc1cc2c(Nc3cc(O)c(C)cc3F)ccnc2cc1OCCCN1CCOCC1. The van der Waals surface area contributed by atoms with E-state index in [-0.39, 0.29) is 11.4 Å². The Hall–Kier alpha value is -3.10. The summed E-state index contributed by atoms with van der Waals surface area (Å²) in [6.45, 7) is 6.65. The van der Waals surface area contributed by atoms with E-state index in [9.17, 15) is 9.50 Å². The van der Waals surface area contributed by atoms with Gasteiger partial charge in [0.15, 0.2) is 11.5 Å². The molecular weight excluding hydrogens is 413 g/mol. The van der Waals surface area contributed by atoms with Gasteiger partial charge in [-0.2, -0.15) is 0 Å². The molecule has 0 amide bonds. The van der Waals surface area contributed by atoms with Crippen LogP contribution in [-0.2, 0) is 4.74 Å². The highest BCUT2D eigenvalue weighted by molar-refractivity contribution is 5.95. The second kappa shape index (κ2) is 10.0. The molecule has 2 N–H and O–H groups in total. The lowest BCUT2D eigenvalue weighted by Crippen LogP contribution is -2.37. The summed E-state index contributed by atoms with van der Waals surface area (Å²) in [7, 11) is 1.59. The monoisotopic (exact) mass is 441 g/mol. The van der Waals surface area contributed by atoms with Gasteiger partial charge in [0.2, 0.25) is 0 Å². The average molecular weight is 442 g/mol. The maximum absolute atomic E-state index is 14.4. The molecule has 2 aromatic carbocycles. The number of benzene rings is 2. The van der Waals surface area contributed by atoms with Crippen LogP contribution < -0.4 is 14.8 Å². The normalized spacial score (nSPS) is 14.5. The van der Waals surface area contributed by atoms with Gasteiger partial charge in [-0.15, -0.1) is 0 Å². The molecule has 2 heterocycles. The molecule has 32 heavy (non-hydrogen) atoms. The molecule has 0 unspecified atom stereocenters. The van der Waals surface area contributed by atoms with E-state index in [2.05, 4.69) is 15.2 Å². The van der Waals surface area contributed by atoms with Crippen molar-refractivity contribution in [2.75, 3.05) is 51.9 Å². The standard InChI is InChI=1S/C24H28FN3O4/c1-16-12-18(25)21(14-22(16)29)27-19-4-5-26-20-15-24(23(30-2)13-17(19)20)32-9-3-6-28-7-10-31-11-8-28/h4-5,12-15,29H,3,6-11H2,1-2H3,(H,26,27). The van der Waals surface area contributed by atoms with Gasteiger partial charge in [-0.3, -0.25) is 9.88 Å². The van der Waals surface area contributed by atoms with E-state index in [1.165, 1.54) is 12.1 Å². The average Bonchev–Trinajstić information content (AvgIpc) is 2.80. The van der Waals surface area contributed by atoms with Crippen molar-refractivity contribution in [2.45, 2.75) is 13.3 Å². The molecule has 8 heteroatoms. The van der Waals surface area contributed by atoms with Gasteiger partial charge >= 0.3 is 0 Å². The maximum Gasteiger partial charge on any atom is 0.163 e. The Balaban J connectivity index is 1.51. The van der Waals surface area contributed by atoms with E-state index in [0.29, 0.717) is 34.9 Å². The van der Waals surface area contributed by atoms with Crippen molar-refractivity contribution >= 4 is 22.3 Å². The summed E-state index contributed by atoms with van der Waals surface area (Å²) in [5.74, 6) is 0.771. The zero-order chi connectivity index (χ0) is 22.5. The van der Waals surface area contributed by atoms with Gasteiger partial charge in [0, 0.05) is 49.0 Å². The number of aryl methyl sites for hydroxylation is 1. The van der Waals surface area contributed by atoms with Crippen LogP contribution in [0.5, 0.6) is 17.2 Å². The number of phenolic OH excluding ortho intramolecular Hbond substituents is 1. The van der Waals surface area contributed by atoms with Crippen LogP contribution in [0.25, 0.3) is 10.9 Å². The van der Waals surface area contributed by atoms with Crippen LogP contribution in [0.3, 0.4) is 0 Å². The fraction of sp³-hybridized carbons (Fsp3) is 0.375. The lowest BCUT2D eigenvalue weighted by atomic mass is 10.1. The van der Waals surface area contributed by atoms with Gasteiger partial charge in [-0.25, -0.2) is 4.39 Å². The number of morpholine rings is 1. The number of aromatic nitrogens is 1. The molecule has 1 fully saturated rings. The number of nitrogens with zero attached hydrogens (tertiary/aromatic N) is 2. The van der Waals surface area contributed by atoms with Crippen LogP contribution in [-0.4, -0.2) is 61.6 Å². The van der Waals surface area contributed by atoms with Gasteiger partial charge in [0.05, 0.1) is 38.1 Å². The van der Waals surface area contributed by atoms with Gasteiger partial charge in [-0.05, 0) is 37.1 Å². The Morgan fingerprint density at radius 2 is 1.97 bits per heavy atom. The minimum atomic E-state index is -0.447. The summed E-state index contributed by atoms with van der Waals surface area (Å²) in [6.07, 6.45) is 2.54. The van der Waals surface area contributed by atoms with E-state index in [1.807, 2.05) is 12.1 Å². The van der Waals surface area contributed by atoms with E-state index in [4.69, 9.17) is 14.2 Å². The van der Waals surface area contributed by atoms with Crippen LogP contribution in [0, 0.1) is 12.7 Å². The maximum atomic E-state index is 14.4. The Labute approximate surface area is 186 Å². The number of halogens is 1. The highest BCUT2D eigenvalue weighted by Gasteiger charge is 2.14. The van der Waals surface area contributed by atoms with Crippen molar-refractivity contribution in [2.24, 2.45) is 0 Å². The Morgan fingerprint density at radius 3 is 2.75 bits per heavy atom. The number of rotatable bonds is 8. The zero-order valence-corrected chi connectivity index (χ0v) is 18.4. The first-order valence-electron chi connectivity index (χ1n) is 10.7. The molecule has 1 aliphatic heterocycles. The van der Waals surface area contributed by atoms with Gasteiger partial charge in [-0.1, -0.05) is 0 Å². The quantitative estimate of drug-likeness (QED) is 0.507. The fourth-order valence-electron chi connectivity index (χ4n) is 3.73. The molecule has 0 bridgehead atoms. The summed E-state index contributed by atoms with van der Waals surface area (Å²) >= 11 is 0. The predicted octanol–water partition coefficient (Wildman–Crippen LogP) is 4.24. The van der Waals surface area contributed by atoms with E-state index in [1.54, 1.807) is 26.3 Å². The number of fused-ring (bicyclic) bond motifs is 1. The summed E-state index contributed by atoms with van der Waals surface area (Å²) in [5.41, 5.74) is 2.00. The lowest BCUT2D eigenvalue weighted by Gasteiger charge is -2.26. The Morgan fingerprint density at radius 1 is 1.16 bits per heavy atom. The summed E-state index contributed by atoms with van der Waals surface area (Å²) in [6, 6.07) is 8.08. The number of nitrogens with one attached hydrogen (secondary N) is 1. The summed E-state index contributed by atoms with van der Waals surface area (Å²) in [4.78, 5) is 6.80. The second-order valence-electron chi connectivity index (χ2n) is 7.78. The first-order chi connectivity index (χ1) is 15.5. The fourth-order valence-corrected chi connectivity index (χ4v) is 3.73. The third-order valence-corrected chi connectivity index (χ3v) is 5.56. The van der Waals surface area contributed by atoms with Crippen molar-refractivity contribution in [3.05, 3.63) is 47.9 Å². The molecular formula is C24H28FN3O4. The third-order valence-electron chi connectivity index (χ3n) is 5.56. The summed E-state index contributed by atoms with van der Waals surface area (Å²) in [5, 5.41) is 13.8.